The van der Waals surface area contributed by atoms with Crippen LogP contribution in [0.5, 0.6) is 0 Å². The van der Waals surface area contributed by atoms with Crippen LogP contribution >= 0.6 is 11.8 Å². The van der Waals surface area contributed by atoms with Gasteiger partial charge in [0.25, 0.3) is 11.1 Å². The number of imide groups is 1. The van der Waals surface area contributed by atoms with Crippen molar-refractivity contribution >= 4 is 40.6 Å². The highest BCUT2D eigenvalue weighted by Crippen LogP contribution is 2.32. The molecule has 2 aromatic rings. The molecule has 6 nitrogen and oxygen atoms in total. The topological polar surface area (TPSA) is 75.7 Å². The second-order valence-corrected chi connectivity index (χ2v) is 6.61. The van der Waals surface area contributed by atoms with E-state index in [0.717, 1.165) is 22.2 Å². The molecular weight excluding hydrogens is 364 g/mol. The van der Waals surface area contributed by atoms with Crippen molar-refractivity contribution in [3.8, 4) is 0 Å². The molecule has 1 aliphatic heterocycles. The molecule has 2 amide bonds. The smallest absolute Gasteiger partial charge is 0.340 e. The van der Waals surface area contributed by atoms with Crippen molar-refractivity contribution in [2.24, 2.45) is 0 Å². The van der Waals surface area contributed by atoms with Crippen molar-refractivity contribution in [1.82, 2.24) is 4.90 Å². The van der Waals surface area contributed by atoms with Gasteiger partial charge in [-0.3, -0.25) is 14.5 Å². The lowest BCUT2D eigenvalue weighted by atomic mass is 10.2. The molecule has 0 aliphatic carbocycles. The Morgan fingerprint density at radius 3 is 2.56 bits per heavy atom. The van der Waals surface area contributed by atoms with Crippen LogP contribution in [-0.4, -0.2) is 35.3 Å². The van der Waals surface area contributed by atoms with Gasteiger partial charge in [0.15, 0.2) is 0 Å². The average Bonchev–Trinajstić information content (AvgIpc) is 2.94. The molecule has 0 atom stereocenters. The second-order valence-electron chi connectivity index (χ2n) is 5.62. The number of esters is 1. The first-order chi connectivity index (χ1) is 13.1. The zero-order chi connectivity index (χ0) is 19.2. The molecule has 0 aromatic heterocycles. The summed E-state index contributed by atoms with van der Waals surface area (Å²) < 4.78 is 5.03. The van der Waals surface area contributed by atoms with E-state index < -0.39 is 5.97 Å². The van der Waals surface area contributed by atoms with E-state index in [0.29, 0.717) is 16.2 Å². The van der Waals surface area contributed by atoms with Crippen molar-refractivity contribution < 1.29 is 19.1 Å². The second kappa shape index (κ2) is 8.55. The standard InChI is InChI=1S/C20H18N2O4S/c1-2-26-19(24)15-10-6-7-11-16(15)21-13-22-18(23)17(27-20(22)25)12-14-8-4-3-5-9-14/h3-12,21H,2,13H2,1H3/b17-12+. The Labute approximate surface area is 161 Å². The first-order valence-electron chi connectivity index (χ1n) is 8.40. The van der Waals surface area contributed by atoms with Crippen molar-refractivity contribution in [1.29, 1.82) is 0 Å². The molecule has 1 N–H and O–H groups in total. The molecule has 0 spiro atoms. The number of nitrogens with one attached hydrogen (secondary N) is 1. The monoisotopic (exact) mass is 382 g/mol. The summed E-state index contributed by atoms with van der Waals surface area (Å²) in [5.74, 6) is -0.825. The summed E-state index contributed by atoms with van der Waals surface area (Å²) in [5.41, 5.74) is 1.71. The molecule has 0 unspecified atom stereocenters. The third kappa shape index (κ3) is 4.38. The lowest BCUT2D eigenvalue weighted by Gasteiger charge is -2.16. The number of anilines is 1. The number of benzene rings is 2. The summed E-state index contributed by atoms with van der Waals surface area (Å²) in [4.78, 5) is 38.3. The van der Waals surface area contributed by atoms with Gasteiger partial charge in [-0.05, 0) is 42.5 Å². The Morgan fingerprint density at radius 1 is 1.11 bits per heavy atom. The Kier molecular flexibility index (Phi) is 5.93. The van der Waals surface area contributed by atoms with E-state index in [1.165, 1.54) is 0 Å². The number of rotatable bonds is 6. The minimum absolute atomic E-state index is 0.0345. The van der Waals surface area contributed by atoms with Crippen LogP contribution in [-0.2, 0) is 9.53 Å². The van der Waals surface area contributed by atoms with Gasteiger partial charge in [0.1, 0.15) is 0 Å². The molecule has 1 fully saturated rings. The quantitative estimate of drug-likeness (QED) is 0.602. The first-order valence-corrected chi connectivity index (χ1v) is 9.22. The Bertz CT molecular complexity index is 896. The maximum absolute atomic E-state index is 12.5. The normalized spacial score (nSPS) is 15.3. The van der Waals surface area contributed by atoms with Crippen LogP contribution in [0.3, 0.4) is 0 Å². The molecule has 27 heavy (non-hydrogen) atoms. The zero-order valence-corrected chi connectivity index (χ0v) is 15.5. The summed E-state index contributed by atoms with van der Waals surface area (Å²) in [7, 11) is 0. The van der Waals surface area contributed by atoms with Crippen LogP contribution in [0, 0.1) is 0 Å². The van der Waals surface area contributed by atoms with Gasteiger partial charge in [-0.2, -0.15) is 0 Å². The fraction of sp³-hybridized carbons (Fsp3) is 0.150. The number of hydrogen-bond acceptors (Lipinski definition) is 6. The lowest BCUT2D eigenvalue weighted by molar-refractivity contribution is -0.122. The van der Waals surface area contributed by atoms with E-state index in [9.17, 15) is 14.4 Å². The molecule has 138 valence electrons. The third-order valence-corrected chi connectivity index (χ3v) is 4.73. The Morgan fingerprint density at radius 2 is 1.81 bits per heavy atom. The Hall–Kier alpha value is -3.06. The van der Waals surface area contributed by atoms with Crippen molar-refractivity contribution in [2.75, 3.05) is 18.6 Å². The minimum Gasteiger partial charge on any atom is -0.462 e. The molecule has 1 aliphatic rings. The van der Waals surface area contributed by atoms with Crippen molar-refractivity contribution in [2.45, 2.75) is 6.92 Å². The number of carbonyl (C=O) groups excluding carboxylic acids is 3. The predicted octanol–water partition coefficient (Wildman–Crippen LogP) is 3.97. The van der Waals surface area contributed by atoms with Crippen molar-refractivity contribution in [3.05, 3.63) is 70.6 Å². The molecule has 3 rings (SSSR count). The van der Waals surface area contributed by atoms with E-state index >= 15 is 0 Å². The SMILES string of the molecule is CCOC(=O)c1ccccc1NCN1C(=O)S/C(=C/c2ccccc2)C1=O. The molecular formula is C20H18N2O4S. The number of nitrogens with zero attached hydrogens (tertiary/aromatic N) is 1. The molecule has 7 heteroatoms. The maximum Gasteiger partial charge on any atom is 0.340 e. The predicted molar refractivity (Wildman–Crippen MR) is 105 cm³/mol. The fourth-order valence-electron chi connectivity index (χ4n) is 2.53. The van der Waals surface area contributed by atoms with Gasteiger partial charge in [-0.15, -0.1) is 0 Å². The van der Waals surface area contributed by atoms with Gasteiger partial charge in [0.05, 0.1) is 29.4 Å². The van der Waals surface area contributed by atoms with Crippen LogP contribution < -0.4 is 5.32 Å². The Balaban J connectivity index is 1.72. The first kappa shape index (κ1) is 18.7. The maximum atomic E-state index is 12.5. The van der Waals surface area contributed by atoms with Gasteiger partial charge in [0, 0.05) is 0 Å². The molecule has 2 aromatic carbocycles. The molecule has 0 radical (unpaired) electrons. The lowest BCUT2D eigenvalue weighted by Crippen LogP contribution is -2.33. The van der Waals surface area contributed by atoms with E-state index in [1.54, 1.807) is 37.3 Å². The van der Waals surface area contributed by atoms with Crippen LogP contribution in [0.15, 0.2) is 59.5 Å². The fourth-order valence-corrected chi connectivity index (χ4v) is 3.36. The summed E-state index contributed by atoms with van der Waals surface area (Å²) in [5, 5.41) is 2.62. The summed E-state index contributed by atoms with van der Waals surface area (Å²) in [6, 6.07) is 16.1. The summed E-state index contributed by atoms with van der Waals surface area (Å²) >= 11 is 0.897. The number of amides is 2. The van der Waals surface area contributed by atoms with Crippen LogP contribution in [0.4, 0.5) is 10.5 Å². The van der Waals surface area contributed by atoms with Crippen LogP contribution in [0.1, 0.15) is 22.8 Å². The van der Waals surface area contributed by atoms with E-state index in [2.05, 4.69) is 5.32 Å². The highest BCUT2D eigenvalue weighted by Gasteiger charge is 2.35. The van der Waals surface area contributed by atoms with Gasteiger partial charge in [-0.25, -0.2) is 4.79 Å². The largest absolute Gasteiger partial charge is 0.462 e. The van der Waals surface area contributed by atoms with Gasteiger partial charge in [-0.1, -0.05) is 42.5 Å². The van der Waals surface area contributed by atoms with Crippen LogP contribution in [0.25, 0.3) is 6.08 Å². The van der Waals surface area contributed by atoms with Crippen molar-refractivity contribution in [3.63, 3.8) is 0 Å². The number of thioether (sulfide) groups is 1. The third-order valence-electron chi connectivity index (χ3n) is 3.82. The average molecular weight is 382 g/mol. The minimum atomic E-state index is -0.460. The molecule has 1 heterocycles. The number of hydrogen-bond donors (Lipinski definition) is 1. The highest BCUT2D eigenvalue weighted by molar-refractivity contribution is 8.18. The van der Waals surface area contributed by atoms with Crippen LogP contribution in [0.2, 0.25) is 0 Å². The van der Waals surface area contributed by atoms with Gasteiger partial charge in [0.2, 0.25) is 0 Å². The van der Waals surface area contributed by atoms with E-state index in [1.807, 2.05) is 30.3 Å². The number of ether oxygens (including phenoxy) is 1. The molecule has 1 saturated heterocycles. The summed E-state index contributed by atoms with van der Waals surface area (Å²) in [6.07, 6.45) is 1.69. The zero-order valence-electron chi connectivity index (χ0n) is 14.7. The summed E-state index contributed by atoms with van der Waals surface area (Å²) in [6.45, 7) is 1.96. The van der Waals surface area contributed by atoms with Gasteiger partial charge < -0.3 is 10.1 Å². The number of para-hydroxylation sites is 1. The molecule has 0 bridgehead atoms. The highest BCUT2D eigenvalue weighted by atomic mass is 32.2. The van der Waals surface area contributed by atoms with E-state index in [4.69, 9.17) is 4.74 Å². The number of carbonyl (C=O) groups is 3. The van der Waals surface area contributed by atoms with E-state index in [-0.39, 0.29) is 24.4 Å². The van der Waals surface area contributed by atoms with Gasteiger partial charge >= 0.3 is 5.97 Å². The molecule has 0 saturated carbocycles.